The molecule has 0 saturated carbocycles. The fourth-order valence-corrected chi connectivity index (χ4v) is 1.34. The van der Waals surface area contributed by atoms with Gasteiger partial charge in [-0.2, -0.15) is 21.0 Å². The van der Waals surface area contributed by atoms with Crippen molar-refractivity contribution in [1.29, 1.82) is 21.0 Å². The molecular weight excluding hydrogens is 200 g/mol. The van der Waals surface area contributed by atoms with Crippen LogP contribution in [0.3, 0.4) is 0 Å². The molecule has 0 saturated heterocycles. The van der Waals surface area contributed by atoms with E-state index in [1.807, 2.05) is 12.1 Å². The highest BCUT2D eigenvalue weighted by molar-refractivity contribution is 5.18. The van der Waals surface area contributed by atoms with Crippen LogP contribution in [-0.4, -0.2) is 0 Å². The first-order valence-corrected chi connectivity index (χ1v) is 4.92. The second-order valence-electron chi connectivity index (χ2n) is 3.50. The van der Waals surface area contributed by atoms with Crippen molar-refractivity contribution in [3.63, 3.8) is 0 Å². The summed E-state index contributed by atoms with van der Waals surface area (Å²) in [7, 11) is 0. The summed E-state index contributed by atoms with van der Waals surface area (Å²) in [4.78, 5) is 0. The van der Waals surface area contributed by atoms with Gasteiger partial charge in [0.25, 0.3) is 0 Å². The van der Waals surface area contributed by atoms with Crippen LogP contribution in [-0.2, 0) is 0 Å². The SMILES string of the molecule is C=C(C#N)CC(C#N)CC(C#N)CCC#N. The molecule has 0 rings (SSSR count). The van der Waals surface area contributed by atoms with E-state index in [2.05, 4.69) is 18.7 Å². The van der Waals surface area contributed by atoms with Crippen LogP contribution in [0.25, 0.3) is 0 Å². The molecule has 0 heterocycles. The van der Waals surface area contributed by atoms with Crippen molar-refractivity contribution in [3.05, 3.63) is 12.2 Å². The average Bonchev–Trinajstić information content (AvgIpc) is 2.32. The molecule has 0 amide bonds. The molecule has 0 aromatic heterocycles. The molecule has 16 heavy (non-hydrogen) atoms. The van der Waals surface area contributed by atoms with Crippen molar-refractivity contribution in [2.75, 3.05) is 0 Å². The van der Waals surface area contributed by atoms with Gasteiger partial charge >= 0.3 is 0 Å². The summed E-state index contributed by atoms with van der Waals surface area (Å²) in [6, 6.07) is 8.00. The van der Waals surface area contributed by atoms with Crippen molar-refractivity contribution >= 4 is 0 Å². The van der Waals surface area contributed by atoms with Crippen molar-refractivity contribution in [2.24, 2.45) is 11.8 Å². The Hall–Kier alpha value is -2.30. The second-order valence-corrected chi connectivity index (χ2v) is 3.50. The lowest BCUT2D eigenvalue weighted by molar-refractivity contribution is 0.476. The van der Waals surface area contributed by atoms with Crippen LogP contribution in [0, 0.1) is 57.2 Å². The summed E-state index contributed by atoms with van der Waals surface area (Å²) in [6.45, 7) is 3.51. The monoisotopic (exact) mass is 212 g/mol. The molecule has 0 radical (unpaired) electrons. The Labute approximate surface area is 95.6 Å². The first kappa shape index (κ1) is 13.7. The Balaban J connectivity index is 4.27. The number of hydrogen-bond acceptors (Lipinski definition) is 4. The highest BCUT2D eigenvalue weighted by Gasteiger charge is 2.16. The Kier molecular flexibility index (Phi) is 6.89. The summed E-state index contributed by atoms with van der Waals surface area (Å²) in [5.41, 5.74) is 0.350. The summed E-state index contributed by atoms with van der Waals surface area (Å²) >= 11 is 0. The zero-order chi connectivity index (χ0) is 12.4. The topological polar surface area (TPSA) is 95.2 Å². The minimum absolute atomic E-state index is 0.296. The molecule has 2 unspecified atom stereocenters. The zero-order valence-corrected chi connectivity index (χ0v) is 8.98. The summed E-state index contributed by atoms with van der Waals surface area (Å²) < 4.78 is 0. The normalized spacial score (nSPS) is 12.2. The van der Waals surface area contributed by atoms with E-state index in [1.54, 1.807) is 0 Å². The van der Waals surface area contributed by atoms with Gasteiger partial charge in [0.1, 0.15) is 0 Å². The number of hydrogen-bond donors (Lipinski definition) is 0. The molecule has 0 bridgehead atoms. The predicted octanol–water partition coefficient (Wildman–Crippen LogP) is 2.43. The lowest BCUT2D eigenvalue weighted by Gasteiger charge is -2.11. The fourth-order valence-electron chi connectivity index (χ4n) is 1.34. The van der Waals surface area contributed by atoms with E-state index in [-0.39, 0.29) is 11.8 Å². The third-order valence-electron chi connectivity index (χ3n) is 2.19. The molecule has 0 fully saturated rings. The van der Waals surface area contributed by atoms with E-state index < -0.39 is 0 Å². The molecule has 0 aliphatic heterocycles. The van der Waals surface area contributed by atoms with Crippen LogP contribution in [0.4, 0.5) is 0 Å². The number of nitriles is 4. The highest BCUT2D eigenvalue weighted by Crippen LogP contribution is 2.21. The van der Waals surface area contributed by atoms with Crippen LogP contribution >= 0.6 is 0 Å². The third-order valence-corrected chi connectivity index (χ3v) is 2.19. The Morgan fingerprint density at radius 2 is 1.69 bits per heavy atom. The lowest BCUT2D eigenvalue weighted by atomic mass is 9.89. The molecule has 0 aromatic carbocycles. The fraction of sp³-hybridized carbons (Fsp3) is 0.500. The molecule has 2 atom stereocenters. The molecule has 4 heteroatoms. The van der Waals surface area contributed by atoms with Gasteiger partial charge in [0.15, 0.2) is 0 Å². The van der Waals surface area contributed by atoms with Crippen LogP contribution in [0.15, 0.2) is 12.2 Å². The first-order chi connectivity index (χ1) is 7.67. The molecule has 0 aromatic rings. The van der Waals surface area contributed by atoms with Crippen LogP contribution in [0.2, 0.25) is 0 Å². The molecule has 80 valence electrons. The van der Waals surface area contributed by atoms with Crippen molar-refractivity contribution in [1.82, 2.24) is 0 Å². The van der Waals surface area contributed by atoms with E-state index in [9.17, 15) is 0 Å². The van der Waals surface area contributed by atoms with Gasteiger partial charge in [-0.05, 0) is 19.3 Å². The van der Waals surface area contributed by atoms with Crippen LogP contribution in [0.5, 0.6) is 0 Å². The van der Waals surface area contributed by atoms with Crippen LogP contribution < -0.4 is 0 Å². The minimum atomic E-state index is -0.365. The van der Waals surface area contributed by atoms with E-state index in [0.29, 0.717) is 31.3 Å². The van der Waals surface area contributed by atoms with Gasteiger partial charge in [-0.15, -0.1) is 0 Å². The third kappa shape index (κ3) is 5.43. The van der Waals surface area contributed by atoms with Gasteiger partial charge in [0.2, 0.25) is 0 Å². The Morgan fingerprint density at radius 1 is 1.06 bits per heavy atom. The minimum Gasteiger partial charge on any atom is -0.198 e. The molecule has 0 aliphatic rings. The molecule has 0 spiro atoms. The maximum absolute atomic E-state index is 8.87. The zero-order valence-electron chi connectivity index (χ0n) is 8.98. The summed E-state index contributed by atoms with van der Waals surface area (Å²) in [5, 5.41) is 34.6. The molecule has 0 N–H and O–H groups in total. The average molecular weight is 212 g/mol. The van der Waals surface area contributed by atoms with Gasteiger partial charge in [-0.1, -0.05) is 6.58 Å². The largest absolute Gasteiger partial charge is 0.198 e. The highest BCUT2D eigenvalue weighted by atomic mass is 14.3. The van der Waals surface area contributed by atoms with Gasteiger partial charge in [-0.3, -0.25) is 0 Å². The maximum Gasteiger partial charge on any atom is 0.0941 e. The first-order valence-electron chi connectivity index (χ1n) is 4.92. The quantitative estimate of drug-likeness (QED) is 0.631. The standard InChI is InChI=1S/C12H12N4/c1-10(7-14)5-12(9-16)6-11(8-15)3-2-4-13/h11-12H,1-3,5-6H2. The van der Waals surface area contributed by atoms with E-state index in [0.717, 1.165) is 0 Å². The smallest absolute Gasteiger partial charge is 0.0941 e. The second kappa shape index (κ2) is 8.05. The summed E-state index contributed by atoms with van der Waals surface area (Å²) in [5.74, 6) is -0.661. The molecule has 4 nitrogen and oxygen atoms in total. The number of allylic oxidation sites excluding steroid dienone is 1. The Bertz CT molecular complexity index is 397. The Morgan fingerprint density at radius 3 is 2.12 bits per heavy atom. The maximum atomic E-state index is 8.87. The van der Waals surface area contributed by atoms with E-state index in [1.165, 1.54) is 0 Å². The number of rotatable bonds is 6. The molecular formula is C12H12N4. The lowest BCUT2D eigenvalue weighted by Crippen LogP contribution is -2.06. The van der Waals surface area contributed by atoms with Gasteiger partial charge in [0.05, 0.1) is 30.2 Å². The van der Waals surface area contributed by atoms with Crippen molar-refractivity contribution < 1.29 is 0 Å². The van der Waals surface area contributed by atoms with E-state index >= 15 is 0 Å². The van der Waals surface area contributed by atoms with E-state index in [4.69, 9.17) is 21.0 Å². The van der Waals surface area contributed by atoms with Gasteiger partial charge in [-0.25, -0.2) is 0 Å². The number of nitrogens with zero attached hydrogens (tertiary/aromatic N) is 4. The van der Waals surface area contributed by atoms with Gasteiger partial charge in [0, 0.05) is 17.9 Å². The van der Waals surface area contributed by atoms with Crippen molar-refractivity contribution in [3.8, 4) is 24.3 Å². The summed E-state index contributed by atoms with van der Waals surface area (Å²) in [6.07, 6.45) is 1.49. The molecule has 0 aliphatic carbocycles. The predicted molar refractivity (Wildman–Crippen MR) is 57.0 cm³/mol. The van der Waals surface area contributed by atoms with Gasteiger partial charge < -0.3 is 0 Å². The van der Waals surface area contributed by atoms with Crippen molar-refractivity contribution in [2.45, 2.75) is 25.7 Å². The van der Waals surface area contributed by atoms with Crippen LogP contribution in [0.1, 0.15) is 25.7 Å².